The highest BCUT2D eigenvalue weighted by atomic mass is 32.2. The van der Waals surface area contributed by atoms with Gasteiger partial charge in [0.1, 0.15) is 0 Å². The Kier molecular flexibility index (Phi) is 4.12. The van der Waals surface area contributed by atoms with Crippen LogP contribution in [0.15, 0.2) is 52.2 Å². The van der Waals surface area contributed by atoms with E-state index < -0.39 is 5.91 Å². The van der Waals surface area contributed by atoms with Crippen molar-refractivity contribution < 1.29 is 14.0 Å². The number of aromatic nitrogens is 3. The summed E-state index contributed by atoms with van der Waals surface area (Å²) in [5.74, 6) is -0.668. The highest BCUT2D eigenvalue weighted by Gasteiger charge is 2.15. The zero-order chi connectivity index (χ0) is 17.2. The first-order valence-corrected chi connectivity index (χ1v) is 9.01. The molecule has 2 amide bonds. The van der Waals surface area contributed by atoms with Gasteiger partial charge in [0.05, 0.1) is 22.2 Å². The molecule has 0 saturated heterocycles. The Morgan fingerprint density at radius 1 is 1.16 bits per heavy atom. The molecular weight excluding hydrogens is 362 g/mol. The number of fused-ring (bicyclic) bond motifs is 3. The molecule has 1 aromatic carbocycles. The molecule has 126 valence electrons. The van der Waals surface area contributed by atoms with Crippen molar-refractivity contribution in [3.8, 4) is 0 Å². The van der Waals surface area contributed by atoms with Crippen molar-refractivity contribution in [2.75, 3.05) is 5.75 Å². The van der Waals surface area contributed by atoms with E-state index in [0.29, 0.717) is 5.16 Å². The van der Waals surface area contributed by atoms with Crippen LogP contribution in [0.5, 0.6) is 0 Å². The molecule has 0 radical (unpaired) electrons. The number of carbonyl (C=O) groups excluding carboxylic acids is 2. The Morgan fingerprint density at radius 2 is 2.04 bits per heavy atom. The second-order valence-electron chi connectivity index (χ2n) is 4.94. The Morgan fingerprint density at radius 3 is 2.88 bits per heavy atom. The minimum atomic E-state index is -0.517. The molecule has 3 aromatic heterocycles. The van der Waals surface area contributed by atoms with Crippen molar-refractivity contribution in [1.29, 1.82) is 0 Å². The number of hydrogen-bond donors (Lipinski definition) is 2. The largest absolute Gasteiger partial charge is 0.459 e. The quantitative estimate of drug-likeness (QED) is 0.420. The number of para-hydroxylation sites is 1. The number of thiazole rings is 1. The van der Waals surface area contributed by atoms with Crippen LogP contribution in [0.4, 0.5) is 0 Å². The van der Waals surface area contributed by atoms with Crippen molar-refractivity contribution in [3.05, 3.63) is 48.4 Å². The minimum absolute atomic E-state index is 0.0867. The van der Waals surface area contributed by atoms with Gasteiger partial charge in [-0.3, -0.25) is 24.8 Å². The molecule has 8 nitrogen and oxygen atoms in total. The molecule has 0 fully saturated rings. The summed E-state index contributed by atoms with van der Waals surface area (Å²) in [7, 11) is 0. The second kappa shape index (κ2) is 6.57. The summed E-state index contributed by atoms with van der Waals surface area (Å²) in [4.78, 5) is 24.4. The summed E-state index contributed by atoms with van der Waals surface area (Å²) in [6, 6.07) is 11.0. The molecular formula is C15H11N5O3S2. The van der Waals surface area contributed by atoms with Gasteiger partial charge in [0, 0.05) is 0 Å². The highest BCUT2D eigenvalue weighted by Crippen LogP contribution is 2.29. The van der Waals surface area contributed by atoms with E-state index in [4.69, 9.17) is 4.42 Å². The monoisotopic (exact) mass is 373 g/mol. The number of benzene rings is 1. The Balaban J connectivity index is 1.40. The molecule has 0 aliphatic rings. The van der Waals surface area contributed by atoms with Gasteiger partial charge in [0.25, 0.3) is 0 Å². The molecule has 4 aromatic rings. The van der Waals surface area contributed by atoms with E-state index in [-0.39, 0.29) is 17.4 Å². The second-order valence-corrected chi connectivity index (χ2v) is 6.89. The van der Waals surface area contributed by atoms with Gasteiger partial charge in [-0.1, -0.05) is 35.2 Å². The molecule has 0 aliphatic carbocycles. The molecule has 0 saturated carbocycles. The minimum Gasteiger partial charge on any atom is -0.459 e. The Labute approximate surface area is 149 Å². The lowest BCUT2D eigenvalue weighted by atomic mass is 10.3. The zero-order valence-electron chi connectivity index (χ0n) is 12.6. The molecule has 0 bridgehead atoms. The molecule has 25 heavy (non-hydrogen) atoms. The molecule has 0 atom stereocenters. The number of furan rings is 1. The van der Waals surface area contributed by atoms with Gasteiger partial charge in [-0.2, -0.15) is 0 Å². The molecule has 10 heteroatoms. The Bertz CT molecular complexity index is 1050. The normalized spacial score (nSPS) is 11.0. The average Bonchev–Trinajstić information content (AvgIpc) is 3.34. The van der Waals surface area contributed by atoms with Crippen LogP contribution in [0.3, 0.4) is 0 Å². The predicted molar refractivity (Wildman–Crippen MR) is 93.4 cm³/mol. The van der Waals surface area contributed by atoms with Gasteiger partial charge >= 0.3 is 5.91 Å². The maximum absolute atomic E-state index is 11.9. The van der Waals surface area contributed by atoms with E-state index in [1.165, 1.54) is 35.4 Å². The third kappa shape index (κ3) is 3.08. The van der Waals surface area contributed by atoms with Crippen LogP contribution in [0, 0.1) is 0 Å². The van der Waals surface area contributed by atoms with E-state index >= 15 is 0 Å². The van der Waals surface area contributed by atoms with Crippen molar-refractivity contribution in [1.82, 2.24) is 25.4 Å². The van der Waals surface area contributed by atoms with Crippen LogP contribution in [0.25, 0.3) is 15.2 Å². The first kappa shape index (κ1) is 15.7. The SMILES string of the molecule is O=C(CSc1nnc2sc3ccccc3n12)NNC(=O)c1ccco1. The number of hydrogen-bond acceptors (Lipinski definition) is 7. The topological polar surface area (TPSA) is 102 Å². The lowest BCUT2D eigenvalue weighted by Crippen LogP contribution is -2.42. The molecule has 0 unspecified atom stereocenters. The summed E-state index contributed by atoms with van der Waals surface area (Å²) in [6.45, 7) is 0. The van der Waals surface area contributed by atoms with Crippen LogP contribution in [0.2, 0.25) is 0 Å². The van der Waals surface area contributed by atoms with Gasteiger partial charge in [-0.25, -0.2) is 0 Å². The zero-order valence-corrected chi connectivity index (χ0v) is 14.3. The van der Waals surface area contributed by atoms with Crippen molar-refractivity contribution in [2.45, 2.75) is 5.16 Å². The van der Waals surface area contributed by atoms with Gasteiger partial charge < -0.3 is 4.42 Å². The Hall–Kier alpha value is -2.85. The molecule has 0 spiro atoms. The van der Waals surface area contributed by atoms with E-state index in [1.807, 2.05) is 28.7 Å². The third-order valence-electron chi connectivity index (χ3n) is 3.30. The third-order valence-corrected chi connectivity index (χ3v) is 5.24. The fourth-order valence-electron chi connectivity index (χ4n) is 2.21. The molecule has 2 N–H and O–H groups in total. The van der Waals surface area contributed by atoms with Crippen molar-refractivity contribution in [2.24, 2.45) is 0 Å². The first-order valence-electron chi connectivity index (χ1n) is 7.20. The van der Waals surface area contributed by atoms with Crippen LogP contribution in [-0.4, -0.2) is 32.2 Å². The number of hydrazine groups is 1. The van der Waals surface area contributed by atoms with Crippen LogP contribution in [-0.2, 0) is 4.79 Å². The average molecular weight is 373 g/mol. The molecule has 3 heterocycles. The summed E-state index contributed by atoms with van der Waals surface area (Å²) in [5, 5.41) is 8.88. The van der Waals surface area contributed by atoms with Crippen LogP contribution in [0.1, 0.15) is 10.6 Å². The van der Waals surface area contributed by atoms with Gasteiger partial charge in [-0.05, 0) is 24.3 Å². The van der Waals surface area contributed by atoms with Crippen molar-refractivity contribution >= 4 is 50.1 Å². The fraction of sp³-hybridized carbons (Fsp3) is 0.0667. The number of rotatable bonds is 4. The smallest absolute Gasteiger partial charge is 0.305 e. The lowest BCUT2D eigenvalue weighted by Gasteiger charge is -2.05. The summed E-state index contributed by atoms with van der Waals surface area (Å²) < 4.78 is 7.96. The van der Waals surface area contributed by atoms with Crippen LogP contribution >= 0.6 is 23.1 Å². The lowest BCUT2D eigenvalue weighted by molar-refractivity contribution is -0.119. The molecule has 4 rings (SSSR count). The fourth-order valence-corrected chi connectivity index (χ4v) is 3.98. The van der Waals surface area contributed by atoms with Gasteiger partial charge in [0.2, 0.25) is 10.9 Å². The summed E-state index contributed by atoms with van der Waals surface area (Å²) in [6.07, 6.45) is 1.38. The summed E-state index contributed by atoms with van der Waals surface area (Å²) >= 11 is 2.78. The summed E-state index contributed by atoms with van der Waals surface area (Å²) in [5.41, 5.74) is 5.63. The number of nitrogens with one attached hydrogen (secondary N) is 2. The van der Waals surface area contributed by atoms with Gasteiger partial charge in [-0.15, -0.1) is 10.2 Å². The number of carbonyl (C=O) groups is 2. The first-order chi connectivity index (χ1) is 12.2. The molecule has 0 aliphatic heterocycles. The highest BCUT2D eigenvalue weighted by molar-refractivity contribution is 7.99. The number of thioether (sulfide) groups is 1. The van der Waals surface area contributed by atoms with E-state index in [1.54, 1.807) is 6.07 Å². The maximum atomic E-state index is 11.9. The van der Waals surface area contributed by atoms with E-state index in [9.17, 15) is 9.59 Å². The predicted octanol–water partition coefficient (Wildman–Crippen LogP) is 2.09. The standard InChI is InChI=1S/C15H11N5O3S2/c21-12(16-17-13(22)10-5-3-7-23-10)8-24-14-18-19-15-20(14)9-4-1-2-6-11(9)25-15/h1-7H,8H2,(H,16,21)(H,17,22). The van der Waals surface area contributed by atoms with E-state index in [0.717, 1.165) is 15.2 Å². The van der Waals surface area contributed by atoms with Gasteiger partial charge in [0.15, 0.2) is 10.9 Å². The maximum Gasteiger partial charge on any atom is 0.305 e. The van der Waals surface area contributed by atoms with Crippen molar-refractivity contribution in [3.63, 3.8) is 0 Å². The number of nitrogens with zero attached hydrogens (tertiary/aromatic N) is 3. The van der Waals surface area contributed by atoms with E-state index in [2.05, 4.69) is 21.0 Å². The number of amides is 2. The van der Waals surface area contributed by atoms with Crippen LogP contribution < -0.4 is 10.9 Å².